The Hall–Kier alpha value is -3.01. The molecule has 0 spiro atoms. The molecule has 5 aliphatic rings. The van der Waals surface area contributed by atoms with Crippen molar-refractivity contribution < 1.29 is 27.6 Å². The molecule has 256 valence electrons. The molecule has 6 unspecified atom stereocenters. The van der Waals surface area contributed by atoms with Crippen LogP contribution in [0.4, 0.5) is 0 Å². The van der Waals surface area contributed by atoms with Crippen molar-refractivity contribution in [3.63, 3.8) is 0 Å². The summed E-state index contributed by atoms with van der Waals surface area (Å²) in [7, 11) is 1.71. The van der Waals surface area contributed by atoms with E-state index in [2.05, 4.69) is 49.4 Å². The Balaban J connectivity index is 1.16. The molecule has 3 heterocycles. The zero-order chi connectivity index (χ0) is 33.8. The summed E-state index contributed by atoms with van der Waals surface area (Å²) in [4.78, 5) is 57.5. The second-order valence-corrected chi connectivity index (χ2v) is 17.3. The number of nitrogens with zero attached hydrogens (tertiary/aromatic N) is 3. The normalized spacial score (nSPS) is 33.2. The van der Waals surface area contributed by atoms with Crippen molar-refractivity contribution in [2.24, 2.45) is 24.8 Å². The van der Waals surface area contributed by atoms with E-state index in [0.717, 1.165) is 36.6 Å². The number of carbonyl (C=O) groups excluding carboxylic acids is 4. The lowest BCUT2D eigenvalue weighted by molar-refractivity contribution is -0.141. The van der Waals surface area contributed by atoms with Crippen LogP contribution in [0.5, 0.6) is 0 Å². The van der Waals surface area contributed by atoms with Gasteiger partial charge in [0, 0.05) is 41.3 Å². The Morgan fingerprint density at radius 1 is 1.17 bits per heavy atom. The molecule has 1 saturated heterocycles. The van der Waals surface area contributed by atoms with Gasteiger partial charge in [0.2, 0.25) is 11.8 Å². The van der Waals surface area contributed by atoms with Gasteiger partial charge in [0.05, 0.1) is 11.0 Å². The number of amides is 4. The van der Waals surface area contributed by atoms with E-state index in [4.69, 9.17) is 4.18 Å². The van der Waals surface area contributed by atoms with Crippen LogP contribution in [0.15, 0.2) is 58.0 Å². The molecule has 3 saturated carbocycles. The number of allylic oxidation sites excluding steroid dienone is 1. The van der Waals surface area contributed by atoms with Crippen LogP contribution in [-0.2, 0) is 36.7 Å². The van der Waals surface area contributed by atoms with Crippen LogP contribution in [0.25, 0.3) is 0 Å². The van der Waals surface area contributed by atoms with Crippen LogP contribution in [0.1, 0.15) is 62.4 Å². The number of aryl methyl sites for hydroxylation is 1. The summed E-state index contributed by atoms with van der Waals surface area (Å²) in [6, 6.07) is 6.60. The third-order valence-corrected chi connectivity index (χ3v) is 13.0. The van der Waals surface area contributed by atoms with Gasteiger partial charge in [-0.25, -0.2) is 4.21 Å². The van der Waals surface area contributed by atoms with Crippen LogP contribution >= 0.6 is 27.9 Å². The van der Waals surface area contributed by atoms with Crippen LogP contribution in [-0.4, -0.2) is 77.5 Å². The number of aromatic nitrogens is 2. The minimum Gasteiger partial charge on any atom is -0.339 e. The Morgan fingerprint density at radius 3 is 2.65 bits per heavy atom. The SMILES string of the molecule is Cn1ccc(C(=O)N[C@@H]2C(=O)N3CC(OS(=O)c4ccc(Br)cc4)CC3C(=O)N[C@]3(C(=O)NSC4(C)CC4)CC3/C=C\CCC3CC32)n1. The number of fused-ring (bicyclic) bond motifs is 3. The van der Waals surface area contributed by atoms with Gasteiger partial charge in [-0.15, -0.1) is 0 Å². The summed E-state index contributed by atoms with van der Waals surface area (Å²) in [6.07, 6.45) is 9.95. The Kier molecular flexibility index (Phi) is 9.09. The predicted molar refractivity (Wildman–Crippen MR) is 182 cm³/mol. The number of rotatable bonds is 8. The van der Waals surface area contributed by atoms with Gasteiger partial charge in [-0.3, -0.25) is 32.8 Å². The van der Waals surface area contributed by atoms with Crippen molar-refractivity contribution in [2.45, 2.75) is 85.2 Å². The summed E-state index contributed by atoms with van der Waals surface area (Å²) < 4.78 is 24.5. The maximum atomic E-state index is 14.5. The van der Waals surface area contributed by atoms with Crippen LogP contribution in [0.2, 0.25) is 0 Å². The van der Waals surface area contributed by atoms with E-state index in [1.165, 1.54) is 21.5 Å². The van der Waals surface area contributed by atoms with Crippen molar-refractivity contribution in [1.82, 2.24) is 30.0 Å². The van der Waals surface area contributed by atoms with Gasteiger partial charge in [0.15, 0.2) is 11.1 Å². The van der Waals surface area contributed by atoms with E-state index >= 15 is 0 Å². The fraction of sp³-hybridized carbons (Fsp3) is 0.545. The van der Waals surface area contributed by atoms with Crippen molar-refractivity contribution in [3.8, 4) is 0 Å². The average molecular weight is 760 g/mol. The largest absolute Gasteiger partial charge is 0.339 e. The van der Waals surface area contributed by atoms with Gasteiger partial charge in [0.25, 0.3) is 11.8 Å². The number of benzene rings is 1. The third kappa shape index (κ3) is 7.01. The molecule has 8 atom stereocenters. The summed E-state index contributed by atoms with van der Waals surface area (Å²) in [5.74, 6) is -1.65. The number of halogens is 1. The van der Waals surface area contributed by atoms with E-state index < -0.39 is 52.5 Å². The van der Waals surface area contributed by atoms with Crippen molar-refractivity contribution in [2.75, 3.05) is 6.54 Å². The molecule has 2 aromatic rings. The minimum atomic E-state index is -1.85. The quantitative estimate of drug-likeness (QED) is 0.275. The van der Waals surface area contributed by atoms with E-state index in [1.807, 2.05) is 6.08 Å². The number of nitrogens with one attached hydrogen (secondary N) is 3. The lowest BCUT2D eigenvalue weighted by Gasteiger charge is -2.30. The molecule has 1 aromatic carbocycles. The third-order valence-electron chi connectivity index (χ3n) is 10.2. The van der Waals surface area contributed by atoms with Gasteiger partial charge < -0.3 is 15.5 Å². The molecular weight excluding hydrogens is 720 g/mol. The molecule has 0 bridgehead atoms. The molecule has 3 N–H and O–H groups in total. The van der Waals surface area contributed by atoms with Gasteiger partial charge in [0.1, 0.15) is 23.3 Å². The molecule has 4 fully saturated rings. The second kappa shape index (κ2) is 13.0. The zero-order valence-corrected chi connectivity index (χ0v) is 29.9. The summed E-state index contributed by atoms with van der Waals surface area (Å²) in [6.45, 7) is 2.10. The lowest BCUT2D eigenvalue weighted by atomic mass is 10.0. The van der Waals surface area contributed by atoms with Gasteiger partial charge in [-0.2, -0.15) is 5.10 Å². The summed E-state index contributed by atoms with van der Waals surface area (Å²) >= 11 is 2.93. The molecule has 2 aliphatic heterocycles. The topological polar surface area (TPSA) is 152 Å². The van der Waals surface area contributed by atoms with Crippen molar-refractivity contribution in [3.05, 3.63) is 58.8 Å². The van der Waals surface area contributed by atoms with Crippen molar-refractivity contribution in [1.29, 1.82) is 0 Å². The van der Waals surface area contributed by atoms with Gasteiger partial charge >= 0.3 is 0 Å². The number of hydrogen-bond acceptors (Lipinski definition) is 8. The molecule has 7 rings (SSSR count). The standard InChI is InChI=1S/C33H39BrN6O6S2/c1-32(12-13-32)47-38-31(44)33-17-20(33)6-4-3-5-19-15-24(19)27(35-28(41)25-11-14-39(2)37-25)30(43)40-18-22(16-26(40)29(42)36-33)46-48(45)23-9-7-21(34)8-10-23/h4,6-11,14,19-20,22,24,26-27H,3,5,12-13,15-18H2,1-2H3,(H,35,41)(H,36,42)(H,38,44)/b6-4-/t19?,20?,22?,24?,26?,27-,33+,48?/m0/s1. The Labute approximate surface area is 294 Å². The molecule has 4 amide bonds. The van der Waals surface area contributed by atoms with E-state index in [1.54, 1.807) is 43.6 Å². The second-order valence-electron chi connectivity index (χ2n) is 13.9. The first-order valence-electron chi connectivity index (χ1n) is 16.4. The van der Waals surface area contributed by atoms with E-state index in [-0.39, 0.29) is 47.1 Å². The minimum absolute atomic E-state index is 0.00324. The van der Waals surface area contributed by atoms with E-state index in [9.17, 15) is 23.4 Å². The lowest BCUT2D eigenvalue weighted by Crippen LogP contribution is -2.58. The molecular formula is C33H39BrN6O6S2. The highest BCUT2D eigenvalue weighted by Crippen LogP contribution is 2.50. The molecule has 15 heteroatoms. The summed E-state index contributed by atoms with van der Waals surface area (Å²) in [5.41, 5.74) is -0.934. The Bertz CT molecular complexity index is 1680. The number of hydrogen-bond donors (Lipinski definition) is 3. The molecule has 3 aliphatic carbocycles. The number of carbonyl (C=O) groups is 4. The highest BCUT2D eigenvalue weighted by molar-refractivity contribution is 9.10. The first kappa shape index (κ1) is 33.5. The maximum Gasteiger partial charge on any atom is 0.272 e. The maximum absolute atomic E-state index is 14.5. The fourth-order valence-corrected chi connectivity index (χ4v) is 8.72. The first-order valence-corrected chi connectivity index (χ1v) is 19.1. The monoisotopic (exact) mass is 758 g/mol. The highest BCUT2D eigenvalue weighted by Gasteiger charge is 2.62. The molecule has 1 aromatic heterocycles. The zero-order valence-electron chi connectivity index (χ0n) is 26.7. The highest BCUT2D eigenvalue weighted by atomic mass is 79.9. The predicted octanol–water partition coefficient (Wildman–Crippen LogP) is 3.17. The average Bonchev–Trinajstić information content (AvgIpc) is 4.01. The fourth-order valence-electron chi connectivity index (χ4n) is 6.77. The molecule has 48 heavy (non-hydrogen) atoms. The van der Waals surface area contributed by atoms with Crippen molar-refractivity contribution >= 4 is 62.6 Å². The van der Waals surface area contributed by atoms with Crippen LogP contribution < -0.4 is 15.4 Å². The smallest absolute Gasteiger partial charge is 0.272 e. The van der Waals surface area contributed by atoms with Gasteiger partial charge in [-0.05, 0) is 99.6 Å². The van der Waals surface area contributed by atoms with Gasteiger partial charge in [-0.1, -0.05) is 28.1 Å². The molecule has 0 radical (unpaired) electrons. The van der Waals surface area contributed by atoms with Crippen LogP contribution in [0, 0.1) is 17.8 Å². The van der Waals surface area contributed by atoms with Crippen LogP contribution in [0.3, 0.4) is 0 Å². The first-order chi connectivity index (χ1) is 22.9. The summed E-state index contributed by atoms with van der Waals surface area (Å²) in [5, 5.41) is 10.2. The molecule has 12 nitrogen and oxygen atoms in total. The van der Waals surface area contributed by atoms with E-state index in [0.29, 0.717) is 11.3 Å². The Morgan fingerprint density at radius 2 is 1.94 bits per heavy atom.